The largest absolute Gasteiger partial charge is 0.335 e. The van der Waals surface area contributed by atoms with Crippen LogP contribution in [0.3, 0.4) is 0 Å². The highest BCUT2D eigenvalue weighted by molar-refractivity contribution is 7.16. The topological polar surface area (TPSA) is 84.5 Å². The maximum Gasteiger partial charge on any atom is 0.274 e. The van der Waals surface area contributed by atoms with Gasteiger partial charge in [-0.2, -0.15) is 5.10 Å². The summed E-state index contributed by atoms with van der Waals surface area (Å²) in [5, 5.41) is 15.3. The summed E-state index contributed by atoms with van der Waals surface area (Å²) in [6, 6.07) is 11.7. The number of hydrogen-bond acceptors (Lipinski definition) is 6. The third-order valence-electron chi connectivity index (χ3n) is 4.78. The third-order valence-corrected chi connectivity index (χ3v) is 6.00. The maximum absolute atomic E-state index is 12.8. The summed E-state index contributed by atoms with van der Waals surface area (Å²) in [4.78, 5) is 28.6. The second-order valence-corrected chi connectivity index (χ2v) is 8.50. The molecule has 0 N–H and O–H groups in total. The van der Waals surface area contributed by atoms with Gasteiger partial charge >= 0.3 is 0 Å². The molecule has 0 atom stereocenters. The Bertz CT molecular complexity index is 1040. The first kappa shape index (κ1) is 19.6. The first-order valence-electron chi connectivity index (χ1n) is 9.06. The van der Waals surface area contributed by atoms with Gasteiger partial charge in [0.15, 0.2) is 5.69 Å². The summed E-state index contributed by atoms with van der Waals surface area (Å²) >= 11 is 7.56. The van der Waals surface area contributed by atoms with Gasteiger partial charge in [0.25, 0.3) is 11.6 Å². The predicted molar refractivity (Wildman–Crippen MR) is 111 cm³/mol. The van der Waals surface area contributed by atoms with Crippen molar-refractivity contribution in [1.82, 2.24) is 19.6 Å². The Hall–Kier alpha value is -2.75. The van der Waals surface area contributed by atoms with Crippen molar-refractivity contribution in [3.05, 3.63) is 73.7 Å². The second-order valence-electron chi connectivity index (χ2n) is 6.70. The Morgan fingerprint density at radius 2 is 1.97 bits per heavy atom. The smallest absolute Gasteiger partial charge is 0.274 e. The molecule has 8 nitrogen and oxygen atoms in total. The fourth-order valence-corrected chi connectivity index (χ4v) is 4.39. The van der Waals surface area contributed by atoms with Crippen LogP contribution in [-0.4, -0.2) is 56.6 Å². The van der Waals surface area contributed by atoms with E-state index in [-0.39, 0.29) is 11.6 Å². The highest BCUT2D eigenvalue weighted by Crippen LogP contribution is 2.23. The molecule has 0 unspecified atom stereocenters. The van der Waals surface area contributed by atoms with Crippen LogP contribution in [0.15, 0.2) is 48.7 Å². The minimum Gasteiger partial charge on any atom is -0.335 e. The van der Waals surface area contributed by atoms with Crippen LogP contribution in [0.2, 0.25) is 4.34 Å². The van der Waals surface area contributed by atoms with Gasteiger partial charge in [0.1, 0.15) is 0 Å². The lowest BCUT2D eigenvalue weighted by Crippen LogP contribution is -2.48. The van der Waals surface area contributed by atoms with Crippen molar-refractivity contribution in [3.63, 3.8) is 0 Å². The molecule has 1 saturated heterocycles. The number of benzene rings is 1. The van der Waals surface area contributed by atoms with Crippen LogP contribution in [0.1, 0.15) is 15.4 Å². The number of rotatable bonds is 5. The van der Waals surface area contributed by atoms with Crippen LogP contribution in [0.4, 0.5) is 5.69 Å². The van der Waals surface area contributed by atoms with E-state index in [4.69, 9.17) is 11.6 Å². The van der Waals surface area contributed by atoms with Crippen molar-refractivity contribution < 1.29 is 9.72 Å². The summed E-state index contributed by atoms with van der Waals surface area (Å²) in [6.45, 7) is 3.66. The summed E-state index contributed by atoms with van der Waals surface area (Å²) in [5.41, 5.74) is 0.849. The van der Waals surface area contributed by atoms with E-state index in [1.807, 2.05) is 12.1 Å². The number of nitro groups is 1. The molecule has 150 valence electrons. The van der Waals surface area contributed by atoms with Gasteiger partial charge in [-0.3, -0.25) is 19.8 Å². The van der Waals surface area contributed by atoms with Crippen LogP contribution in [0.5, 0.6) is 0 Å². The molecule has 0 spiro atoms. The molecular formula is C19H18ClN5O3S. The first-order chi connectivity index (χ1) is 14.0. The van der Waals surface area contributed by atoms with E-state index >= 15 is 0 Å². The van der Waals surface area contributed by atoms with E-state index in [0.29, 0.717) is 24.5 Å². The van der Waals surface area contributed by atoms with Gasteiger partial charge in [-0.15, -0.1) is 11.3 Å². The summed E-state index contributed by atoms with van der Waals surface area (Å²) in [5.74, 6) is -0.131. The van der Waals surface area contributed by atoms with E-state index in [1.54, 1.807) is 40.6 Å². The highest BCUT2D eigenvalue weighted by atomic mass is 35.5. The lowest BCUT2D eigenvalue weighted by atomic mass is 10.2. The molecule has 1 fully saturated rings. The number of aromatic nitrogens is 2. The fourth-order valence-electron chi connectivity index (χ4n) is 3.26. The minimum atomic E-state index is -0.456. The second kappa shape index (κ2) is 8.32. The molecule has 0 saturated carbocycles. The zero-order chi connectivity index (χ0) is 20.4. The summed E-state index contributed by atoms with van der Waals surface area (Å²) in [6.07, 6.45) is 1.64. The van der Waals surface area contributed by atoms with Gasteiger partial charge in [0, 0.05) is 55.9 Å². The normalized spacial score (nSPS) is 14.9. The van der Waals surface area contributed by atoms with Crippen molar-refractivity contribution in [2.45, 2.75) is 6.54 Å². The average molecular weight is 432 g/mol. The van der Waals surface area contributed by atoms with Crippen LogP contribution < -0.4 is 0 Å². The molecule has 29 heavy (non-hydrogen) atoms. The van der Waals surface area contributed by atoms with Crippen molar-refractivity contribution in [2.75, 3.05) is 26.2 Å². The van der Waals surface area contributed by atoms with Gasteiger partial charge in [-0.05, 0) is 24.3 Å². The maximum atomic E-state index is 12.8. The van der Waals surface area contributed by atoms with Crippen LogP contribution in [0.25, 0.3) is 5.69 Å². The molecule has 2 aromatic heterocycles. The van der Waals surface area contributed by atoms with E-state index in [1.165, 1.54) is 21.7 Å². The Morgan fingerprint density at radius 1 is 1.17 bits per heavy atom. The SMILES string of the molecule is O=C(c1ccn(-c2cccc([N+](=O)[O-])c2)n1)N1CCN(Cc2ccc(Cl)s2)CC1. The van der Waals surface area contributed by atoms with Crippen molar-refractivity contribution in [2.24, 2.45) is 0 Å². The van der Waals surface area contributed by atoms with Gasteiger partial charge in [-0.25, -0.2) is 4.68 Å². The van der Waals surface area contributed by atoms with Crippen LogP contribution in [0, 0.1) is 10.1 Å². The van der Waals surface area contributed by atoms with E-state index in [0.717, 1.165) is 24.0 Å². The average Bonchev–Trinajstić information content (AvgIpc) is 3.37. The molecule has 4 rings (SSSR count). The summed E-state index contributed by atoms with van der Waals surface area (Å²) in [7, 11) is 0. The molecular weight excluding hydrogens is 414 g/mol. The van der Waals surface area contributed by atoms with Crippen LogP contribution >= 0.6 is 22.9 Å². The third kappa shape index (κ3) is 4.47. The number of non-ortho nitro benzene ring substituents is 1. The number of halogens is 1. The van der Waals surface area contributed by atoms with Crippen molar-refractivity contribution in [3.8, 4) is 5.69 Å². The molecule has 3 heterocycles. The number of thiophene rings is 1. The van der Waals surface area contributed by atoms with Gasteiger partial charge in [0.05, 0.1) is 14.9 Å². The van der Waals surface area contributed by atoms with Gasteiger partial charge in [0.2, 0.25) is 0 Å². The Kier molecular flexibility index (Phi) is 5.61. The Labute approximate surface area is 176 Å². The molecule has 10 heteroatoms. The van der Waals surface area contributed by atoms with Crippen molar-refractivity contribution in [1.29, 1.82) is 0 Å². The van der Waals surface area contributed by atoms with Crippen LogP contribution in [-0.2, 0) is 6.54 Å². The van der Waals surface area contributed by atoms with E-state index in [9.17, 15) is 14.9 Å². The predicted octanol–water partition coefficient (Wildman–Crippen LogP) is 3.45. The van der Waals surface area contributed by atoms with E-state index in [2.05, 4.69) is 10.00 Å². The zero-order valence-electron chi connectivity index (χ0n) is 15.4. The molecule has 0 radical (unpaired) electrons. The molecule has 1 aromatic carbocycles. The lowest BCUT2D eigenvalue weighted by molar-refractivity contribution is -0.384. The fraction of sp³-hybridized carbons (Fsp3) is 0.263. The summed E-state index contributed by atoms with van der Waals surface area (Å²) < 4.78 is 2.27. The number of hydrogen-bond donors (Lipinski definition) is 0. The first-order valence-corrected chi connectivity index (χ1v) is 10.3. The molecule has 1 amide bonds. The lowest BCUT2D eigenvalue weighted by Gasteiger charge is -2.34. The standard InChI is InChI=1S/C19H18ClN5O3S/c20-18-5-4-16(29-18)13-22-8-10-23(11-9-22)19(26)17-6-7-24(21-17)14-2-1-3-15(12-14)25(27)28/h1-7,12H,8-11,13H2. The zero-order valence-corrected chi connectivity index (χ0v) is 17.0. The van der Waals surface area contributed by atoms with Gasteiger partial charge < -0.3 is 4.90 Å². The number of carbonyl (C=O) groups is 1. The minimum absolute atomic E-state index is 0.0194. The van der Waals surface area contributed by atoms with Crippen molar-refractivity contribution >= 4 is 34.5 Å². The molecule has 0 bridgehead atoms. The number of amides is 1. The molecule has 0 aliphatic carbocycles. The molecule has 1 aliphatic rings. The Balaban J connectivity index is 1.38. The van der Waals surface area contributed by atoms with E-state index < -0.39 is 4.92 Å². The highest BCUT2D eigenvalue weighted by Gasteiger charge is 2.24. The number of piperazine rings is 1. The number of nitrogens with zero attached hydrogens (tertiary/aromatic N) is 5. The molecule has 3 aromatic rings. The Morgan fingerprint density at radius 3 is 2.66 bits per heavy atom. The number of nitro benzene ring substituents is 1. The van der Waals surface area contributed by atoms with Gasteiger partial charge in [-0.1, -0.05) is 17.7 Å². The molecule has 1 aliphatic heterocycles. The number of carbonyl (C=O) groups excluding carboxylic acids is 1. The quantitative estimate of drug-likeness (QED) is 0.456. The monoisotopic (exact) mass is 431 g/mol.